The van der Waals surface area contributed by atoms with Gasteiger partial charge in [-0.2, -0.15) is 11.8 Å². The third kappa shape index (κ3) is 2.71. The van der Waals surface area contributed by atoms with E-state index in [1.165, 1.54) is 18.4 Å². The molecule has 0 spiro atoms. The summed E-state index contributed by atoms with van der Waals surface area (Å²) in [6.07, 6.45) is 0. The van der Waals surface area contributed by atoms with E-state index in [9.17, 15) is 9.59 Å². The van der Waals surface area contributed by atoms with Crippen LogP contribution in [0, 0.1) is 0 Å². The van der Waals surface area contributed by atoms with Crippen LogP contribution in [0.5, 0.6) is 0 Å². The second-order valence-corrected chi connectivity index (χ2v) is 6.42. The highest BCUT2D eigenvalue weighted by Crippen LogP contribution is 2.39. The maximum Gasteiger partial charge on any atom is 0.350 e. The fourth-order valence-electron chi connectivity index (χ4n) is 2.01. The zero-order chi connectivity index (χ0) is 14.7. The minimum absolute atomic E-state index is 0.203. The predicted molar refractivity (Wildman–Crippen MR) is 83.0 cm³/mol. The average Bonchev–Trinajstić information content (AvgIpc) is 2.84. The van der Waals surface area contributed by atoms with Crippen molar-refractivity contribution in [3.05, 3.63) is 10.4 Å². The van der Waals surface area contributed by atoms with E-state index in [-0.39, 0.29) is 11.6 Å². The van der Waals surface area contributed by atoms with Gasteiger partial charge in [0.25, 0.3) is 5.91 Å². The molecular weight excluding hydrogens is 298 g/mol. The Hall–Kier alpha value is -1.41. The van der Waals surface area contributed by atoms with Crippen LogP contribution in [-0.2, 0) is 4.74 Å². The Kier molecular flexibility index (Phi) is 4.77. The van der Waals surface area contributed by atoms with Crippen LogP contribution in [0.3, 0.4) is 0 Å². The standard InChI is InChI=1S/C12H17N3O3S2/c1-14-10(16)7-8(13)9(12(17)18-2)20-11(7)15-3-5-19-6-4-15/h3-6,13H2,1-2H3,(H,14,16). The SMILES string of the molecule is CNC(=O)c1c(N2CCSCC2)sc(C(=O)OC)c1N. The number of esters is 1. The first-order chi connectivity index (χ1) is 9.60. The van der Waals surface area contributed by atoms with Crippen LogP contribution in [0.2, 0.25) is 0 Å². The minimum Gasteiger partial charge on any atom is -0.465 e. The molecule has 1 amide bonds. The van der Waals surface area contributed by atoms with Gasteiger partial charge in [-0.15, -0.1) is 11.3 Å². The van der Waals surface area contributed by atoms with E-state index in [4.69, 9.17) is 10.5 Å². The van der Waals surface area contributed by atoms with Gasteiger partial charge in [0.15, 0.2) is 0 Å². The molecule has 1 fully saturated rings. The molecular formula is C12H17N3O3S2. The van der Waals surface area contributed by atoms with Crippen molar-refractivity contribution in [2.24, 2.45) is 0 Å². The van der Waals surface area contributed by atoms with Crippen molar-refractivity contribution in [2.45, 2.75) is 0 Å². The minimum atomic E-state index is -0.504. The third-order valence-corrected chi connectivity index (χ3v) is 5.24. The van der Waals surface area contributed by atoms with E-state index >= 15 is 0 Å². The lowest BCUT2D eigenvalue weighted by Crippen LogP contribution is -2.33. The number of amides is 1. The number of thiophene rings is 1. The van der Waals surface area contributed by atoms with Gasteiger partial charge in [0.05, 0.1) is 18.4 Å². The number of nitrogen functional groups attached to an aromatic ring is 1. The van der Waals surface area contributed by atoms with Gasteiger partial charge >= 0.3 is 5.97 Å². The van der Waals surface area contributed by atoms with E-state index in [0.717, 1.165) is 29.6 Å². The van der Waals surface area contributed by atoms with Crippen molar-refractivity contribution in [1.29, 1.82) is 0 Å². The van der Waals surface area contributed by atoms with Crippen LogP contribution in [0.1, 0.15) is 20.0 Å². The van der Waals surface area contributed by atoms with E-state index in [1.54, 1.807) is 7.05 Å². The van der Waals surface area contributed by atoms with Gasteiger partial charge in [0.1, 0.15) is 9.88 Å². The van der Waals surface area contributed by atoms with Crippen LogP contribution in [0.25, 0.3) is 0 Å². The number of hydrogen-bond donors (Lipinski definition) is 2. The van der Waals surface area contributed by atoms with Gasteiger partial charge in [-0.25, -0.2) is 4.79 Å². The number of anilines is 2. The first-order valence-electron chi connectivity index (χ1n) is 6.15. The zero-order valence-corrected chi connectivity index (χ0v) is 13.0. The van der Waals surface area contributed by atoms with Gasteiger partial charge in [0, 0.05) is 31.6 Å². The molecule has 110 valence electrons. The van der Waals surface area contributed by atoms with Gasteiger partial charge < -0.3 is 20.7 Å². The summed E-state index contributed by atoms with van der Waals surface area (Å²) in [5, 5.41) is 3.33. The normalized spacial score (nSPS) is 15.0. The molecule has 0 saturated carbocycles. The van der Waals surface area contributed by atoms with Crippen molar-refractivity contribution in [2.75, 3.05) is 49.4 Å². The summed E-state index contributed by atoms with van der Waals surface area (Å²) < 4.78 is 4.72. The van der Waals surface area contributed by atoms with Gasteiger partial charge in [0.2, 0.25) is 0 Å². The number of ether oxygens (including phenoxy) is 1. The fourth-order valence-corrected chi connectivity index (χ4v) is 4.10. The number of rotatable bonds is 3. The molecule has 0 aromatic carbocycles. The average molecular weight is 315 g/mol. The summed E-state index contributed by atoms with van der Waals surface area (Å²) in [5.41, 5.74) is 6.56. The number of carbonyl (C=O) groups is 2. The molecule has 8 heteroatoms. The Labute approximate surface area is 125 Å². The lowest BCUT2D eigenvalue weighted by Gasteiger charge is -2.27. The highest BCUT2D eigenvalue weighted by Gasteiger charge is 2.29. The van der Waals surface area contributed by atoms with Crippen molar-refractivity contribution in [1.82, 2.24) is 5.32 Å². The number of nitrogens with two attached hydrogens (primary N) is 1. The molecule has 6 nitrogen and oxygen atoms in total. The van der Waals surface area contributed by atoms with Gasteiger partial charge in [-0.3, -0.25) is 4.79 Å². The van der Waals surface area contributed by atoms with Crippen molar-refractivity contribution in [3.63, 3.8) is 0 Å². The van der Waals surface area contributed by atoms with Crippen LogP contribution >= 0.6 is 23.1 Å². The number of thioether (sulfide) groups is 1. The summed E-state index contributed by atoms with van der Waals surface area (Å²) in [6, 6.07) is 0. The summed E-state index contributed by atoms with van der Waals surface area (Å²) in [5.74, 6) is 1.22. The summed E-state index contributed by atoms with van der Waals surface area (Å²) in [7, 11) is 2.85. The first-order valence-corrected chi connectivity index (χ1v) is 8.12. The topological polar surface area (TPSA) is 84.7 Å². The molecule has 0 unspecified atom stereocenters. The van der Waals surface area contributed by atoms with Crippen molar-refractivity contribution < 1.29 is 14.3 Å². The Bertz CT molecular complexity index is 524. The molecule has 1 aliphatic heterocycles. The molecule has 1 saturated heterocycles. The molecule has 2 rings (SSSR count). The lowest BCUT2D eigenvalue weighted by atomic mass is 10.2. The van der Waals surface area contributed by atoms with Crippen LogP contribution in [-0.4, -0.2) is 50.6 Å². The quantitative estimate of drug-likeness (QED) is 0.811. The molecule has 20 heavy (non-hydrogen) atoms. The maximum absolute atomic E-state index is 12.1. The molecule has 0 bridgehead atoms. The molecule has 2 heterocycles. The Morgan fingerprint density at radius 1 is 1.35 bits per heavy atom. The number of methoxy groups -OCH3 is 1. The van der Waals surface area contributed by atoms with Gasteiger partial charge in [-0.1, -0.05) is 0 Å². The smallest absolute Gasteiger partial charge is 0.350 e. The first kappa shape index (κ1) is 15.0. The number of nitrogens with one attached hydrogen (secondary N) is 1. The number of nitrogens with zero attached hydrogens (tertiary/aromatic N) is 1. The number of carbonyl (C=O) groups excluding carboxylic acids is 2. The predicted octanol–water partition coefficient (Wildman–Crippen LogP) is 1.03. The van der Waals surface area contributed by atoms with E-state index < -0.39 is 5.97 Å². The van der Waals surface area contributed by atoms with Crippen LogP contribution in [0.15, 0.2) is 0 Å². The van der Waals surface area contributed by atoms with Gasteiger partial charge in [-0.05, 0) is 0 Å². The molecule has 1 aromatic rings. The highest BCUT2D eigenvalue weighted by atomic mass is 32.2. The van der Waals surface area contributed by atoms with E-state index in [0.29, 0.717) is 10.4 Å². The second kappa shape index (κ2) is 6.36. The maximum atomic E-state index is 12.1. The Morgan fingerprint density at radius 3 is 2.55 bits per heavy atom. The van der Waals surface area contributed by atoms with Crippen molar-refractivity contribution >= 4 is 45.7 Å². The highest BCUT2D eigenvalue weighted by molar-refractivity contribution is 7.99. The third-order valence-electron chi connectivity index (χ3n) is 3.05. The monoisotopic (exact) mass is 315 g/mol. The van der Waals surface area contributed by atoms with Crippen molar-refractivity contribution in [3.8, 4) is 0 Å². The molecule has 3 N–H and O–H groups in total. The van der Waals surface area contributed by atoms with Crippen LogP contribution < -0.4 is 16.0 Å². The lowest BCUT2D eigenvalue weighted by molar-refractivity contribution is 0.0607. The molecule has 1 aromatic heterocycles. The van der Waals surface area contributed by atoms with Crippen LogP contribution in [0.4, 0.5) is 10.7 Å². The fraction of sp³-hybridized carbons (Fsp3) is 0.500. The number of hydrogen-bond acceptors (Lipinski definition) is 7. The second-order valence-electron chi connectivity index (χ2n) is 4.20. The summed E-state index contributed by atoms with van der Waals surface area (Å²) in [6.45, 7) is 1.68. The molecule has 1 aliphatic rings. The summed E-state index contributed by atoms with van der Waals surface area (Å²) >= 11 is 3.10. The molecule has 0 aliphatic carbocycles. The van der Waals surface area contributed by atoms with E-state index in [2.05, 4.69) is 10.2 Å². The van der Waals surface area contributed by atoms with E-state index in [1.807, 2.05) is 11.8 Å². The Balaban J connectivity index is 2.47. The Morgan fingerprint density at radius 2 is 2.00 bits per heavy atom. The zero-order valence-electron chi connectivity index (χ0n) is 11.4. The molecule has 0 atom stereocenters. The summed E-state index contributed by atoms with van der Waals surface area (Å²) in [4.78, 5) is 26.2. The largest absolute Gasteiger partial charge is 0.465 e. The molecule has 0 radical (unpaired) electrons.